The quantitative estimate of drug-likeness (QED) is 0.754. The lowest BCUT2D eigenvalue weighted by Crippen LogP contribution is -2.29. The SMILES string of the molecule is Oc1cc(O)c(-c2onc3c2CN(Cc2ccco2)CC3)cc1Cl. The molecule has 1 aliphatic rings. The summed E-state index contributed by atoms with van der Waals surface area (Å²) in [6.07, 6.45) is 2.41. The molecular formula is C17H15ClN2O4. The van der Waals surface area contributed by atoms with E-state index in [0.29, 0.717) is 24.4 Å². The second kappa shape index (κ2) is 5.89. The number of hydrogen-bond donors (Lipinski definition) is 2. The van der Waals surface area contributed by atoms with Gasteiger partial charge in [-0.05, 0) is 18.2 Å². The van der Waals surface area contributed by atoms with Crippen LogP contribution in [0, 0.1) is 0 Å². The number of benzene rings is 1. The lowest BCUT2D eigenvalue weighted by molar-refractivity contribution is 0.225. The van der Waals surface area contributed by atoms with Crippen LogP contribution in [0.15, 0.2) is 39.5 Å². The third-order valence-electron chi connectivity index (χ3n) is 4.19. The maximum Gasteiger partial charge on any atom is 0.175 e. The number of phenolic OH excluding ortho intramolecular Hbond substituents is 2. The van der Waals surface area contributed by atoms with Gasteiger partial charge in [-0.15, -0.1) is 0 Å². The monoisotopic (exact) mass is 346 g/mol. The number of rotatable bonds is 3. The van der Waals surface area contributed by atoms with Crippen molar-refractivity contribution in [3.05, 3.63) is 52.6 Å². The minimum atomic E-state index is -0.175. The molecular weight excluding hydrogens is 332 g/mol. The predicted molar refractivity (Wildman–Crippen MR) is 86.8 cm³/mol. The van der Waals surface area contributed by atoms with Gasteiger partial charge in [-0.25, -0.2) is 0 Å². The molecule has 7 heteroatoms. The topological polar surface area (TPSA) is 82.9 Å². The minimum absolute atomic E-state index is 0.0981. The molecule has 0 aliphatic carbocycles. The first-order valence-corrected chi connectivity index (χ1v) is 7.93. The molecule has 0 unspecified atom stereocenters. The maximum absolute atomic E-state index is 10.1. The molecule has 24 heavy (non-hydrogen) atoms. The van der Waals surface area contributed by atoms with Gasteiger partial charge in [0.2, 0.25) is 0 Å². The minimum Gasteiger partial charge on any atom is -0.507 e. The van der Waals surface area contributed by atoms with Gasteiger partial charge in [-0.3, -0.25) is 4.90 Å². The molecule has 6 nitrogen and oxygen atoms in total. The van der Waals surface area contributed by atoms with E-state index in [1.807, 2.05) is 12.1 Å². The molecule has 1 aromatic carbocycles. The normalized spacial score (nSPS) is 14.7. The first-order chi connectivity index (χ1) is 11.6. The Morgan fingerprint density at radius 1 is 1.25 bits per heavy atom. The van der Waals surface area contributed by atoms with Crippen LogP contribution < -0.4 is 0 Å². The third-order valence-corrected chi connectivity index (χ3v) is 4.49. The van der Waals surface area contributed by atoms with E-state index < -0.39 is 0 Å². The second-order valence-electron chi connectivity index (χ2n) is 5.80. The van der Waals surface area contributed by atoms with Crippen LogP contribution in [0.25, 0.3) is 11.3 Å². The molecule has 0 fully saturated rings. The zero-order valence-electron chi connectivity index (χ0n) is 12.7. The van der Waals surface area contributed by atoms with Crippen LogP contribution >= 0.6 is 11.6 Å². The van der Waals surface area contributed by atoms with Crippen LogP contribution in [-0.4, -0.2) is 26.8 Å². The molecule has 0 atom stereocenters. The Balaban J connectivity index is 1.67. The summed E-state index contributed by atoms with van der Waals surface area (Å²) in [5.41, 5.74) is 2.22. The van der Waals surface area contributed by atoms with Crippen LogP contribution in [0.2, 0.25) is 5.02 Å². The average molecular weight is 347 g/mol. The van der Waals surface area contributed by atoms with Crippen LogP contribution in [0.3, 0.4) is 0 Å². The summed E-state index contributed by atoms with van der Waals surface area (Å²) in [5.74, 6) is 1.10. The summed E-state index contributed by atoms with van der Waals surface area (Å²) in [5, 5.41) is 24.0. The van der Waals surface area contributed by atoms with Crippen LogP contribution in [-0.2, 0) is 19.5 Å². The van der Waals surface area contributed by atoms with E-state index in [1.54, 1.807) is 6.26 Å². The number of furan rings is 1. The van der Waals surface area contributed by atoms with Crippen molar-refractivity contribution in [2.45, 2.75) is 19.5 Å². The smallest absolute Gasteiger partial charge is 0.175 e. The van der Waals surface area contributed by atoms with Crippen molar-refractivity contribution >= 4 is 11.6 Å². The Kier molecular flexibility index (Phi) is 3.70. The summed E-state index contributed by atoms with van der Waals surface area (Å²) in [6.45, 7) is 2.17. The highest BCUT2D eigenvalue weighted by Gasteiger charge is 2.27. The van der Waals surface area contributed by atoms with Crippen molar-refractivity contribution in [3.8, 4) is 22.8 Å². The Bertz CT molecular complexity index is 873. The maximum atomic E-state index is 10.1. The zero-order chi connectivity index (χ0) is 16.7. The van der Waals surface area contributed by atoms with E-state index >= 15 is 0 Å². The molecule has 0 radical (unpaired) electrons. The third kappa shape index (κ3) is 2.64. The summed E-state index contributed by atoms with van der Waals surface area (Å²) in [7, 11) is 0. The van der Waals surface area contributed by atoms with E-state index in [9.17, 15) is 10.2 Å². The van der Waals surface area contributed by atoms with Crippen molar-refractivity contribution in [3.63, 3.8) is 0 Å². The van der Waals surface area contributed by atoms with E-state index in [2.05, 4.69) is 10.1 Å². The van der Waals surface area contributed by atoms with Gasteiger partial charge in [-0.2, -0.15) is 0 Å². The molecule has 0 amide bonds. The van der Waals surface area contributed by atoms with Crippen molar-refractivity contribution in [2.24, 2.45) is 0 Å². The molecule has 124 valence electrons. The van der Waals surface area contributed by atoms with Gasteiger partial charge in [0.1, 0.15) is 17.3 Å². The predicted octanol–water partition coefficient (Wildman–Crippen LogP) is 3.56. The fourth-order valence-electron chi connectivity index (χ4n) is 2.97. The van der Waals surface area contributed by atoms with Gasteiger partial charge < -0.3 is 19.2 Å². The van der Waals surface area contributed by atoms with Gasteiger partial charge in [-0.1, -0.05) is 16.8 Å². The second-order valence-corrected chi connectivity index (χ2v) is 6.20. The van der Waals surface area contributed by atoms with Gasteiger partial charge >= 0.3 is 0 Å². The largest absolute Gasteiger partial charge is 0.507 e. The summed E-state index contributed by atoms with van der Waals surface area (Å²) in [6, 6.07) is 6.50. The molecule has 0 saturated carbocycles. The number of aromatic hydroxyl groups is 2. The zero-order valence-corrected chi connectivity index (χ0v) is 13.5. The Labute approximate surface area is 142 Å². The lowest BCUT2D eigenvalue weighted by Gasteiger charge is -2.25. The van der Waals surface area contributed by atoms with E-state index in [0.717, 1.165) is 30.0 Å². The molecule has 1 aliphatic heterocycles. The van der Waals surface area contributed by atoms with Gasteiger partial charge in [0.05, 0.1) is 29.1 Å². The van der Waals surface area contributed by atoms with Crippen molar-refractivity contribution < 1.29 is 19.2 Å². The lowest BCUT2D eigenvalue weighted by atomic mass is 10.0. The first kappa shape index (κ1) is 15.1. The molecule has 3 heterocycles. The van der Waals surface area contributed by atoms with Gasteiger partial charge in [0, 0.05) is 31.1 Å². The van der Waals surface area contributed by atoms with Gasteiger partial charge in [0.15, 0.2) is 5.76 Å². The van der Waals surface area contributed by atoms with Crippen LogP contribution in [0.5, 0.6) is 11.5 Å². The number of nitrogens with zero attached hydrogens (tertiary/aromatic N) is 2. The molecule has 4 rings (SSSR count). The molecule has 2 N–H and O–H groups in total. The average Bonchev–Trinajstić information content (AvgIpc) is 3.20. The van der Waals surface area contributed by atoms with Crippen molar-refractivity contribution in [2.75, 3.05) is 6.54 Å². The first-order valence-electron chi connectivity index (χ1n) is 7.56. The van der Waals surface area contributed by atoms with Crippen LogP contribution in [0.1, 0.15) is 17.0 Å². The summed E-state index contributed by atoms with van der Waals surface area (Å²) < 4.78 is 10.9. The highest BCUT2D eigenvalue weighted by atomic mass is 35.5. The highest BCUT2D eigenvalue weighted by molar-refractivity contribution is 6.32. The van der Waals surface area contributed by atoms with Crippen molar-refractivity contribution in [1.82, 2.24) is 10.1 Å². The summed E-state index contributed by atoms with van der Waals surface area (Å²) in [4.78, 5) is 2.22. The van der Waals surface area contributed by atoms with E-state index in [4.69, 9.17) is 20.5 Å². The van der Waals surface area contributed by atoms with Crippen LogP contribution in [0.4, 0.5) is 0 Å². The standard InChI is InChI=1S/C17H15ClN2O4/c18-13-6-11(15(21)7-16(13)22)17-12-9-20(4-3-14(12)19-24-17)8-10-2-1-5-23-10/h1-2,5-7,21-22H,3-4,8-9H2. The molecule has 2 aromatic heterocycles. The molecule has 0 saturated heterocycles. The Morgan fingerprint density at radius 3 is 2.92 bits per heavy atom. The number of aromatic nitrogens is 1. The Morgan fingerprint density at radius 2 is 2.12 bits per heavy atom. The summed E-state index contributed by atoms with van der Waals surface area (Å²) >= 11 is 5.96. The number of hydrogen-bond acceptors (Lipinski definition) is 6. The fourth-order valence-corrected chi connectivity index (χ4v) is 3.13. The number of fused-ring (bicyclic) bond motifs is 1. The molecule has 0 spiro atoms. The van der Waals surface area contributed by atoms with E-state index in [-0.39, 0.29) is 16.5 Å². The Hall–Kier alpha value is -2.44. The highest BCUT2D eigenvalue weighted by Crippen LogP contribution is 2.40. The fraction of sp³-hybridized carbons (Fsp3) is 0.235. The number of phenols is 2. The van der Waals surface area contributed by atoms with Gasteiger partial charge in [0.25, 0.3) is 0 Å². The number of halogens is 1. The van der Waals surface area contributed by atoms with Crippen molar-refractivity contribution in [1.29, 1.82) is 0 Å². The molecule has 0 bridgehead atoms. The molecule has 3 aromatic rings. The van der Waals surface area contributed by atoms with E-state index in [1.165, 1.54) is 12.1 Å².